The van der Waals surface area contributed by atoms with Crippen LogP contribution in [0.25, 0.3) is 0 Å². The third kappa shape index (κ3) is 6.07. The number of benzene rings is 1. The summed E-state index contributed by atoms with van der Waals surface area (Å²) in [5.41, 5.74) is 0.450. The predicted octanol–water partition coefficient (Wildman–Crippen LogP) is 1.18. The molecule has 0 aliphatic rings. The van der Waals surface area contributed by atoms with Gasteiger partial charge in [-0.2, -0.15) is 0 Å². The van der Waals surface area contributed by atoms with Gasteiger partial charge in [-0.1, -0.05) is 38.0 Å². The van der Waals surface area contributed by atoms with Crippen LogP contribution in [0.5, 0.6) is 0 Å². The minimum absolute atomic E-state index is 0.246. The van der Waals surface area contributed by atoms with Crippen LogP contribution in [0.15, 0.2) is 30.3 Å². The second-order valence-electron chi connectivity index (χ2n) is 4.65. The molecule has 1 aromatic carbocycles. The molecule has 1 aromatic rings. The maximum Gasteiger partial charge on any atom is 0.326 e. The number of hydrogen-bond donors (Lipinski definition) is 3. The van der Waals surface area contributed by atoms with Gasteiger partial charge in [0.15, 0.2) is 0 Å². The summed E-state index contributed by atoms with van der Waals surface area (Å²) < 4.78 is 0. The first kappa shape index (κ1) is 16.7. The molecule has 0 aliphatic heterocycles. The number of carbonyl (C=O) groups is 3. The Kier molecular flexibility index (Phi) is 6.94. The lowest BCUT2D eigenvalue weighted by molar-refractivity contribution is -0.141. The Balaban J connectivity index is 2.42. The first-order valence-electron chi connectivity index (χ1n) is 6.90. The highest BCUT2D eigenvalue weighted by Crippen LogP contribution is 2.01. The molecule has 114 valence electrons. The number of carboxylic acid groups (broad SMARTS) is 1. The minimum atomic E-state index is -1.06. The Morgan fingerprint density at radius 1 is 1.19 bits per heavy atom. The molecule has 0 heterocycles. The van der Waals surface area contributed by atoms with Crippen molar-refractivity contribution in [2.45, 2.75) is 32.2 Å². The van der Waals surface area contributed by atoms with Crippen molar-refractivity contribution in [1.82, 2.24) is 10.6 Å². The molecule has 6 heteroatoms. The lowest BCUT2D eigenvalue weighted by atomic mass is 10.1. The van der Waals surface area contributed by atoms with Gasteiger partial charge in [0.05, 0.1) is 6.54 Å². The summed E-state index contributed by atoms with van der Waals surface area (Å²) in [7, 11) is 0. The van der Waals surface area contributed by atoms with Crippen LogP contribution < -0.4 is 10.6 Å². The van der Waals surface area contributed by atoms with Crippen molar-refractivity contribution in [3.63, 3.8) is 0 Å². The number of unbranched alkanes of at least 4 members (excludes halogenated alkanes) is 1. The monoisotopic (exact) mass is 292 g/mol. The summed E-state index contributed by atoms with van der Waals surface area (Å²) in [6.07, 6.45) is 1.95. The Morgan fingerprint density at radius 2 is 1.86 bits per heavy atom. The zero-order valence-electron chi connectivity index (χ0n) is 12.0. The van der Waals surface area contributed by atoms with E-state index in [0.717, 1.165) is 6.42 Å². The quantitative estimate of drug-likeness (QED) is 0.670. The van der Waals surface area contributed by atoms with E-state index in [1.807, 2.05) is 6.92 Å². The molecule has 0 aromatic heterocycles. The Hall–Kier alpha value is -2.37. The van der Waals surface area contributed by atoms with E-state index in [1.165, 1.54) is 0 Å². The lowest BCUT2D eigenvalue weighted by Crippen LogP contribution is -2.45. The summed E-state index contributed by atoms with van der Waals surface area (Å²) in [5.74, 6) is -1.94. The third-order valence-corrected chi connectivity index (χ3v) is 2.93. The van der Waals surface area contributed by atoms with Gasteiger partial charge in [0.25, 0.3) is 5.91 Å². The highest BCUT2D eigenvalue weighted by molar-refractivity contribution is 5.96. The van der Waals surface area contributed by atoms with Crippen LogP contribution in [0.1, 0.15) is 36.5 Å². The first-order chi connectivity index (χ1) is 10.0. The number of carboxylic acids is 1. The zero-order chi connectivity index (χ0) is 15.7. The smallest absolute Gasteiger partial charge is 0.326 e. The van der Waals surface area contributed by atoms with E-state index < -0.39 is 17.9 Å². The number of amides is 2. The molecule has 1 unspecified atom stereocenters. The molecule has 3 N–H and O–H groups in total. The van der Waals surface area contributed by atoms with Gasteiger partial charge in [-0.05, 0) is 18.6 Å². The first-order valence-corrected chi connectivity index (χ1v) is 6.90. The van der Waals surface area contributed by atoms with Gasteiger partial charge in [0.1, 0.15) is 6.04 Å². The van der Waals surface area contributed by atoms with Crippen molar-refractivity contribution in [2.75, 3.05) is 6.54 Å². The van der Waals surface area contributed by atoms with Crippen molar-refractivity contribution in [2.24, 2.45) is 0 Å². The molecule has 1 rings (SSSR count). The number of rotatable bonds is 8. The minimum Gasteiger partial charge on any atom is -0.480 e. The number of carbonyl (C=O) groups excluding carboxylic acids is 2. The normalized spacial score (nSPS) is 11.5. The second-order valence-corrected chi connectivity index (χ2v) is 4.65. The van der Waals surface area contributed by atoms with Gasteiger partial charge in [-0.25, -0.2) is 4.79 Å². The molecular formula is C15H20N2O4. The predicted molar refractivity (Wildman–Crippen MR) is 77.9 cm³/mol. The molecule has 0 bridgehead atoms. The molecule has 0 spiro atoms. The number of nitrogens with one attached hydrogen (secondary N) is 2. The Labute approximate surface area is 123 Å². The fraction of sp³-hybridized carbons (Fsp3) is 0.400. The van der Waals surface area contributed by atoms with Gasteiger partial charge in [0.2, 0.25) is 5.91 Å². The van der Waals surface area contributed by atoms with E-state index in [2.05, 4.69) is 10.6 Å². The molecule has 1 atom stereocenters. The average molecular weight is 292 g/mol. The molecule has 2 amide bonds. The summed E-state index contributed by atoms with van der Waals surface area (Å²) in [6.45, 7) is 1.70. The van der Waals surface area contributed by atoms with Crippen molar-refractivity contribution in [3.8, 4) is 0 Å². The average Bonchev–Trinajstić information content (AvgIpc) is 2.49. The van der Waals surface area contributed by atoms with Crippen molar-refractivity contribution < 1.29 is 19.5 Å². The van der Waals surface area contributed by atoms with E-state index in [-0.39, 0.29) is 12.5 Å². The van der Waals surface area contributed by atoms with Crippen LogP contribution in [0.3, 0.4) is 0 Å². The second kappa shape index (κ2) is 8.73. The van der Waals surface area contributed by atoms with Crippen molar-refractivity contribution in [3.05, 3.63) is 35.9 Å². The van der Waals surface area contributed by atoms with Gasteiger partial charge >= 0.3 is 5.97 Å². The molecule has 0 saturated heterocycles. The van der Waals surface area contributed by atoms with Crippen LogP contribution in [0.4, 0.5) is 0 Å². The number of aliphatic carboxylic acids is 1. The summed E-state index contributed by atoms with van der Waals surface area (Å²) in [4.78, 5) is 34.4. The fourth-order valence-electron chi connectivity index (χ4n) is 1.76. The van der Waals surface area contributed by atoms with E-state index in [9.17, 15) is 14.4 Å². The molecule has 21 heavy (non-hydrogen) atoms. The van der Waals surface area contributed by atoms with E-state index in [0.29, 0.717) is 18.4 Å². The van der Waals surface area contributed by atoms with Crippen molar-refractivity contribution in [1.29, 1.82) is 0 Å². The number of hydrogen-bond acceptors (Lipinski definition) is 3. The SMILES string of the molecule is CCCCC(NC(=O)CNC(=O)c1ccccc1)C(=O)O. The van der Waals surface area contributed by atoms with Gasteiger partial charge in [-0.15, -0.1) is 0 Å². The Morgan fingerprint density at radius 3 is 2.43 bits per heavy atom. The topological polar surface area (TPSA) is 95.5 Å². The molecule has 0 fully saturated rings. The standard InChI is InChI=1S/C15H20N2O4/c1-2-3-9-12(15(20)21)17-13(18)10-16-14(19)11-7-5-4-6-8-11/h4-8,12H,2-3,9-10H2,1H3,(H,16,19)(H,17,18)(H,20,21). The van der Waals surface area contributed by atoms with E-state index >= 15 is 0 Å². The molecule has 0 saturated carbocycles. The maximum absolute atomic E-state index is 11.7. The molecule has 0 aliphatic carbocycles. The van der Waals surface area contributed by atoms with Gasteiger partial charge < -0.3 is 15.7 Å². The van der Waals surface area contributed by atoms with E-state index in [1.54, 1.807) is 30.3 Å². The highest BCUT2D eigenvalue weighted by atomic mass is 16.4. The summed E-state index contributed by atoms with van der Waals surface area (Å²) in [5, 5.41) is 13.9. The lowest BCUT2D eigenvalue weighted by Gasteiger charge is -2.14. The molecule has 6 nitrogen and oxygen atoms in total. The zero-order valence-corrected chi connectivity index (χ0v) is 12.0. The largest absolute Gasteiger partial charge is 0.480 e. The van der Waals surface area contributed by atoms with Crippen LogP contribution in [-0.2, 0) is 9.59 Å². The van der Waals surface area contributed by atoms with Gasteiger partial charge in [0, 0.05) is 5.56 Å². The Bertz CT molecular complexity index is 488. The maximum atomic E-state index is 11.7. The third-order valence-electron chi connectivity index (χ3n) is 2.93. The van der Waals surface area contributed by atoms with Crippen LogP contribution in [0, 0.1) is 0 Å². The van der Waals surface area contributed by atoms with Crippen LogP contribution in [0.2, 0.25) is 0 Å². The highest BCUT2D eigenvalue weighted by Gasteiger charge is 2.19. The van der Waals surface area contributed by atoms with Crippen molar-refractivity contribution >= 4 is 17.8 Å². The molecular weight excluding hydrogens is 272 g/mol. The summed E-state index contributed by atoms with van der Waals surface area (Å²) >= 11 is 0. The van der Waals surface area contributed by atoms with Crippen LogP contribution in [-0.4, -0.2) is 35.5 Å². The van der Waals surface area contributed by atoms with E-state index in [4.69, 9.17) is 5.11 Å². The van der Waals surface area contributed by atoms with Gasteiger partial charge in [-0.3, -0.25) is 9.59 Å². The fourth-order valence-corrected chi connectivity index (χ4v) is 1.76. The molecule has 0 radical (unpaired) electrons. The summed E-state index contributed by atoms with van der Waals surface area (Å²) in [6, 6.07) is 7.59. The van der Waals surface area contributed by atoms with Crippen LogP contribution >= 0.6 is 0 Å².